The summed E-state index contributed by atoms with van der Waals surface area (Å²) < 4.78 is 7.30. The topological polar surface area (TPSA) is 69.9 Å². The van der Waals surface area contributed by atoms with Crippen LogP contribution in [-0.4, -0.2) is 21.3 Å². The van der Waals surface area contributed by atoms with Crippen molar-refractivity contribution >= 4 is 0 Å². The molecule has 0 saturated carbocycles. The van der Waals surface area contributed by atoms with E-state index in [1.807, 2.05) is 23.7 Å². The fourth-order valence-electron chi connectivity index (χ4n) is 1.86. The van der Waals surface area contributed by atoms with Crippen molar-refractivity contribution in [3.05, 3.63) is 35.8 Å². The third-order valence-electron chi connectivity index (χ3n) is 2.77. The molecule has 0 fully saturated rings. The van der Waals surface area contributed by atoms with Crippen molar-refractivity contribution in [2.24, 2.45) is 5.73 Å². The summed E-state index contributed by atoms with van der Waals surface area (Å²) in [6.07, 6.45) is 3.32. The molecule has 0 aliphatic heterocycles. The standard InChI is InChI=1S/C12H18N4O/c1-3-11-14-12(4-2)16(15-11)9(8-13)10-6-5-7-17-10/h5-7,9H,3-4,8,13H2,1-2H3. The molecule has 0 spiro atoms. The third kappa shape index (κ3) is 2.24. The lowest BCUT2D eigenvalue weighted by Crippen LogP contribution is -2.23. The van der Waals surface area contributed by atoms with Crippen LogP contribution in [0.3, 0.4) is 0 Å². The summed E-state index contributed by atoms with van der Waals surface area (Å²) in [5.41, 5.74) is 5.82. The van der Waals surface area contributed by atoms with Gasteiger partial charge < -0.3 is 10.2 Å². The molecule has 1 unspecified atom stereocenters. The maximum absolute atomic E-state index is 5.82. The molecule has 0 bridgehead atoms. The first-order chi connectivity index (χ1) is 8.30. The lowest BCUT2D eigenvalue weighted by atomic mass is 10.2. The zero-order chi connectivity index (χ0) is 12.3. The Bertz CT molecular complexity index is 461. The number of hydrogen-bond acceptors (Lipinski definition) is 4. The summed E-state index contributed by atoms with van der Waals surface area (Å²) >= 11 is 0. The van der Waals surface area contributed by atoms with Gasteiger partial charge in [0.1, 0.15) is 17.6 Å². The number of aryl methyl sites for hydroxylation is 2. The van der Waals surface area contributed by atoms with Crippen LogP contribution in [0.2, 0.25) is 0 Å². The van der Waals surface area contributed by atoms with Crippen molar-refractivity contribution in [3.63, 3.8) is 0 Å². The molecule has 17 heavy (non-hydrogen) atoms. The van der Waals surface area contributed by atoms with Gasteiger partial charge in [0.25, 0.3) is 0 Å². The highest BCUT2D eigenvalue weighted by Gasteiger charge is 2.20. The van der Waals surface area contributed by atoms with Gasteiger partial charge in [0, 0.05) is 19.4 Å². The molecule has 0 aliphatic carbocycles. The van der Waals surface area contributed by atoms with E-state index in [1.54, 1.807) is 6.26 Å². The lowest BCUT2D eigenvalue weighted by Gasteiger charge is -2.14. The number of hydrogen-bond donors (Lipinski definition) is 1. The maximum Gasteiger partial charge on any atom is 0.150 e. The molecule has 1 atom stereocenters. The molecule has 0 aromatic carbocycles. The summed E-state index contributed by atoms with van der Waals surface area (Å²) in [5, 5.41) is 4.49. The van der Waals surface area contributed by atoms with Gasteiger partial charge in [-0.15, -0.1) is 0 Å². The fraction of sp³-hybridized carbons (Fsp3) is 0.500. The Labute approximate surface area is 101 Å². The van der Waals surface area contributed by atoms with Gasteiger partial charge in [0.05, 0.1) is 6.26 Å². The van der Waals surface area contributed by atoms with Gasteiger partial charge in [-0.25, -0.2) is 9.67 Å². The molecule has 0 radical (unpaired) electrons. The predicted octanol–water partition coefficient (Wildman–Crippen LogP) is 1.54. The van der Waals surface area contributed by atoms with Crippen LogP contribution < -0.4 is 5.73 Å². The smallest absolute Gasteiger partial charge is 0.150 e. The second-order valence-corrected chi connectivity index (χ2v) is 3.86. The summed E-state index contributed by atoms with van der Waals surface area (Å²) in [4.78, 5) is 4.48. The van der Waals surface area contributed by atoms with E-state index >= 15 is 0 Å². The van der Waals surface area contributed by atoms with Crippen LogP contribution in [0, 0.1) is 0 Å². The van der Waals surface area contributed by atoms with E-state index in [9.17, 15) is 0 Å². The molecule has 92 valence electrons. The minimum atomic E-state index is -0.0623. The highest BCUT2D eigenvalue weighted by Crippen LogP contribution is 2.19. The van der Waals surface area contributed by atoms with Crippen molar-refractivity contribution < 1.29 is 4.42 Å². The van der Waals surface area contributed by atoms with Gasteiger partial charge in [-0.2, -0.15) is 5.10 Å². The molecule has 5 heteroatoms. The van der Waals surface area contributed by atoms with Gasteiger partial charge in [-0.1, -0.05) is 13.8 Å². The van der Waals surface area contributed by atoms with Crippen LogP contribution in [0.5, 0.6) is 0 Å². The van der Waals surface area contributed by atoms with Crippen molar-refractivity contribution in [2.75, 3.05) is 6.54 Å². The Morgan fingerprint density at radius 3 is 2.76 bits per heavy atom. The Morgan fingerprint density at radius 2 is 2.24 bits per heavy atom. The number of nitrogens with two attached hydrogens (primary N) is 1. The number of rotatable bonds is 5. The maximum atomic E-state index is 5.82. The molecule has 2 aromatic rings. The summed E-state index contributed by atoms with van der Waals surface area (Å²) in [7, 11) is 0. The first kappa shape index (κ1) is 11.9. The van der Waals surface area contributed by atoms with Crippen molar-refractivity contribution in [1.29, 1.82) is 0 Å². The average molecular weight is 234 g/mol. The van der Waals surface area contributed by atoms with E-state index in [0.29, 0.717) is 6.54 Å². The van der Waals surface area contributed by atoms with Crippen LogP contribution in [-0.2, 0) is 12.8 Å². The fourth-order valence-corrected chi connectivity index (χ4v) is 1.86. The highest BCUT2D eigenvalue weighted by molar-refractivity contribution is 5.08. The molecule has 2 heterocycles. The molecule has 0 saturated heterocycles. The molecule has 0 aliphatic rings. The van der Waals surface area contributed by atoms with E-state index in [1.165, 1.54) is 0 Å². The van der Waals surface area contributed by atoms with Crippen molar-refractivity contribution in [2.45, 2.75) is 32.7 Å². The lowest BCUT2D eigenvalue weighted by molar-refractivity contribution is 0.401. The van der Waals surface area contributed by atoms with E-state index in [-0.39, 0.29) is 6.04 Å². The number of aromatic nitrogens is 3. The Morgan fingerprint density at radius 1 is 1.41 bits per heavy atom. The van der Waals surface area contributed by atoms with Gasteiger partial charge in [-0.3, -0.25) is 0 Å². The quantitative estimate of drug-likeness (QED) is 0.852. The predicted molar refractivity (Wildman–Crippen MR) is 64.7 cm³/mol. The zero-order valence-electron chi connectivity index (χ0n) is 10.3. The summed E-state index contributed by atoms with van der Waals surface area (Å²) in [6, 6.07) is 3.72. The van der Waals surface area contributed by atoms with Gasteiger partial charge in [-0.05, 0) is 12.1 Å². The highest BCUT2D eigenvalue weighted by atomic mass is 16.3. The van der Waals surface area contributed by atoms with Crippen LogP contribution in [0.4, 0.5) is 0 Å². The van der Waals surface area contributed by atoms with Crippen molar-refractivity contribution in [3.8, 4) is 0 Å². The van der Waals surface area contributed by atoms with E-state index in [4.69, 9.17) is 10.2 Å². The number of furan rings is 1. The second kappa shape index (κ2) is 5.14. The number of nitrogens with zero attached hydrogens (tertiary/aromatic N) is 3. The minimum absolute atomic E-state index is 0.0623. The first-order valence-corrected chi connectivity index (χ1v) is 5.97. The van der Waals surface area contributed by atoms with E-state index < -0.39 is 0 Å². The van der Waals surface area contributed by atoms with Gasteiger partial charge >= 0.3 is 0 Å². The molecule has 2 N–H and O–H groups in total. The van der Waals surface area contributed by atoms with Gasteiger partial charge in [0.2, 0.25) is 0 Å². The normalized spacial score (nSPS) is 12.9. The summed E-state index contributed by atoms with van der Waals surface area (Å²) in [5.74, 6) is 2.63. The van der Waals surface area contributed by atoms with E-state index in [2.05, 4.69) is 17.0 Å². The average Bonchev–Trinajstić information content (AvgIpc) is 2.99. The van der Waals surface area contributed by atoms with E-state index in [0.717, 1.165) is 30.3 Å². The zero-order valence-corrected chi connectivity index (χ0v) is 10.3. The molecular weight excluding hydrogens is 216 g/mol. The molecule has 2 rings (SSSR count). The van der Waals surface area contributed by atoms with Crippen LogP contribution in [0.25, 0.3) is 0 Å². The van der Waals surface area contributed by atoms with Crippen LogP contribution in [0.1, 0.15) is 37.3 Å². The van der Waals surface area contributed by atoms with Crippen LogP contribution in [0.15, 0.2) is 22.8 Å². The minimum Gasteiger partial charge on any atom is -0.467 e. The largest absolute Gasteiger partial charge is 0.467 e. The Hall–Kier alpha value is -1.62. The first-order valence-electron chi connectivity index (χ1n) is 5.97. The second-order valence-electron chi connectivity index (χ2n) is 3.86. The third-order valence-corrected chi connectivity index (χ3v) is 2.77. The molecule has 2 aromatic heterocycles. The monoisotopic (exact) mass is 234 g/mol. The Kier molecular flexibility index (Phi) is 3.58. The molecule has 5 nitrogen and oxygen atoms in total. The summed E-state index contributed by atoms with van der Waals surface area (Å²) in [6.45, 7) is 4.56. The van der Waals surface area contributed by atoms with Crippen LogP contribution >= 0.6 is 0 Å². The SMILES string of the molecule is CCc1nc(CC)n(C(CN)c2ccco2)n1. The Balaban J connectivity index is 2.39. The molecular formula is C12H18N4O. The molecule has 0 amide bonds. The van der Waals surface area contributed by atoms with Crippen molar-refractivity contribution in [1.82, 2.24) is 14.8 Å². The van der Waals surface area contributed by atoms with Gasteiger partial charge in [0.15, 0.2) is 5.82 Å².